The Labute approximate surface area is 356 Å². The van der Waals surface area contributed by atoms with Crippen molar-refractivity contribution < 1.29 is 28.6 Å². The Morgan fingerprint density at radius 2 is 1.28 bits per heavy atom. The van der Waals surface area contributed by atoms with Crippen LogP contribution in [-0.4, -0.2) is 62.8 Å². The van der Waals surface area contributed by atoms with E-state index in [0.717, 1.165) is 57.7 Å². The van der Waals surface area contributed by atoms with E-state index in [1.54, 1.807) is 19.2 Å². The first-order chi connectivity index (χ1) is 29.6. The first-order valence-corrected chi connectivity index (χ1v) is 21.0. The van der Waals surface area contributed by atoms with Crippen LogP contribution >= 0.6 is 0 Å². The molecule has 0 saturated carbocycles. The number of aryl methyl sites for hydroxylation is 1. The van der Waals surface area contributed by atoms with Crippen LogP contribution in [0.1, 0.15) is 75.2 Å². The standard InChI is InChI=1S/C50H49N5O6/c1-30(2)45(56)15-10-16-53(4)36-19-32(28-60-46-24-41-39(17-31(46)3)49(57)54-37(26-51-41)21-34-11-6-8-13-43(34)54)18-33(20-36)29-61-48-25-42-40(23-47(48)59-5)50(58)55-38(27-52-42)22-35-12-7-9-14-44(35)55/h6-9,11-14,17-20,23-27,30,37-38H,10,15-16,21-22,28-29H2,1-5H3/t37-,38-/m0/s1. The zero-order valence-electron chi connectivity index (χ0n) is 35.2. The average Bonchev–Trinajstić information content (AvgIpc) is 3.76. The van der Waals surface area contributed by atoms with E-state index in [1.165, 1.54) is 0 Å². The van der Waals surface area contributed by atoms with Gasteiger partial charge in [-0.1, -0.05) is 50.2 Å². The van der Waals surface area contributed by atoms with Gasteiger partial charge < -0.3 is 19.1 Å². The number of fused-ring (bicyclic) bond motifs is 8. The molecule has 61 heavy (non-hydrogen) atoms. The average molecular weight is 816 g/mol. The van der Waals surface area contributed by atoms with Crippen LogP contribution in [0.3, 0.4) is 0 Å². The Hall–Kier alpha value is -6.75. The molecule has 0 N–H and O–H groups in total. The fraction of sp³-hybridized carbons (Fsp3) is 0.300. The molecule has 11 heteroatoms. The van der Waals surface area contributed by atoms with Crippen LogP contribution in [0.2, 0.25) is 0 Å². The number of nitrogens with zero attached hydrogens (tertiary/aromatic N) is 5. The largest absolute Gasteiger partial charge is 0.493 e. The Morgan fingerprint density at radius 3 is 1.85 bits per heavy atom. The van der Waals surface area contributed by atoms with E-state index in [4.69, 9.17) is 24.2 Å². The number of methoxy groups -OCH3 is 1. The van der Waals surface area contributed by atoms with E-state index in [2.05, 4.69) is 35.2 Å². The second-order valence-corrected chi connectivity index (χ2v) is 16.6. The van der Waals surface area contributed by atoms with Crippen LogP contribution in [0.25, 0.3) is 0 Å². The third-order valence-corrected chi connectivity index (χ3v) is 12.1. The molecular formula is C50H49N5O6. The van der Waals surface area contributed by atoms with E-state index in [9.17, 15) is 14.4 Å². The van der Waals surface area contributed by atoms with Crippen molar-refractivity contribution >= 4 is 58.5 Å². The number of anilines is 3. The zero-order valence-corrected chi connectivity index (χ0v) is 35.2. The molecule has 0 saturated heterocycles. The van der Waals surface area contributed by atoms with Gasteiger partial charge >= 0.3 is 0 Å². The molecule has 4 aliphatic heterocycles. The van der Waals surface area contributed by atoms with E-state index in [0.29, 0.717) is 59.1 Å². The van der Waals surface area contributed by atoms with Gasteiger partial charge in [0.05, 0.1) is 41.7 Å². The minimum Gasteiger partial charge on any atom is -0.493 e. The van der Waals surface area contributed by atoms with Crippen LogP contribution in [0.4, 0.5) is 28.4 Å². The molecule has 2 atom stereocenters. The van der Waals surface area contributed by atoms with Crippen molar-refractivity contribution in [1.82, 2.24) is 0 Å². The summed E-state index contributed by atoms with van der Waals surface area (Å²) in [5.74, 6) is 1.61. The van der Waals surface area contributed by atoms with Crippen molar-refractivity contribution in [3.8, 4) is 17.2 Å². The van der Waals surface area contributed by atoms with Crippen molar-refractivity contribution in [2.24, 2.45) is 15.9 Å². The highest BCUT2D eigenvalue weighted by molar-refractivity contribution is 6.15. The molecule has 5 aromatic rings. The number of aliphatic imine (C=N–C) groups is 2. The Kier molecular flexibility index (Phi) is 10.7. The molecule has 11 nitrogen and oxygen atoms in total. The summed E-state index contributed by atoms with van der Waals surface area (Å²) in [6.45, 7) is 6.96. The first-order valence-electron chi connectivity index (χ1n) is 21.0. The summed E-state index contributed by atoms with van der Waals surface area (Å²) in [6, 6.07) is 29.1. The van der Waals surface area contributed by atoms with Gasteiger partial charge in [-0.3, -0.25) is 34.2 Å². The summed E-state index contributed by atoms with van der Waals surface area (Å²) >= 11 is 0. The summed E-state index contributed by atoms with van der Waals surface area (Å²) in [6.07, 6.45) is 6.40. The summed E-state index contributed by atoms with van der Waals surface area (Å²) < 4.78 is 18.8. The van der Waals surface area contributed by atoms with Gasteiger partial charge in [-0.05, 0) is 83.6 Å². The molecule has 0 bridgehead atoms. The number of ketones is 1. The maximum Gasteiger partial charge on any atom is 0.261 e. The van der Waals surface area contributed by atoms with Gasteiger partial charge in [0.25, 0.3) is 11.8 Å². The molecule has 0 fully saturated rings. The summed E-state index contributed by atoms with van der Waals surface area (Å²) in [7, 11) is 3.59. The predicted octanol–water partition coefficient (Wildman–Crippen LogP) is 9.18. The molecule has 0 unspecified atom stereocenters. The smallest absolute Gasteiger partial charge is 0.261 e. The van der Waals surface area contributed by atoms with Crippen molar-refractivity contribution in [2.45, 2.75) is 71.8 Å². The predicted molar refractivity (Wildman–Crippen MR) is 239 cm³/mol. The van der Waals surface area contributed by atoms with Crippen LogP contribution < -0.4 is 28.9 Å². The van der Waals surface area contributed by atoms with Crippen LogP contribution in [0, 0.1) is 12.8 Å². The lowest BCUT2D eigenvalue weighted by atomic mass is 10.0. The van der Waals surface area contributed by atoms with Crippen LogP contribution in [0.5, 0.6) is 17.2 Å². The number of ether oxygens (including phenoxy) is 3. The number of hydrogen-bond acceptors (Lipinski definition) is 9. The normalized spacial score (nSPS) is 16.9. The van der Waals surface area contributed by atoms with E-state index in [-0.39, 0.29) is 48.8 Å². The molecule has 5 aromatic carbocycles. The number of benzene rings is 5. The minimum atomic E-state index is -0.169. The van der Waals surface area contributed by atoms with Gasteiger partial charge in [-0.15, -0.1) is 0 Å². The Bertz CT molecular complexity index is 2630. The number of para-hydroxylation sites is 2. The van der Waals surface area contributed by atoms with E-state index >= 15 is 0 Å². The van der Waals surface area contributed by atoms with Crippen molar-refractivity contribution in [1.29, 1.82) is 0 Å². The minimum absolute atomic E-state index is 0.00581. The number of rotatable bonds is 13. The molecule has 0 spiro atoms. The van der Waals surface area contributed by atoms with E-state index < -0.39 is 0 Å². The van der Waals surface area contributed by atoms with Gasteiger partial charge in [0.15, 0.2) is 11.5 Å². The molecule has 0 aliphatic carbocycles. The molecule has 310 valence electrons. The first kappa shape index (κ1) is 39.7. The molecule has 4 heterocycles. The lowest BCUT2D eigenvalue weighted by Crippen LogP contribution is -2.37. The van der Waals surface area contributed by atoms with Crippen molar-refractivity contribution in [3.05, 3.63) is 130 Å². The number of carbonyl (C=O) groups is 3. The molecular weight excluding hydrogens is 767 g/mol. The molecule has 0 radical (unpaired) electrons. The van der Waals surface area contributed by atoms with Gasteiger partial charge in [-0.25, -0.2) is 0 Å². The zero-order chi connectivity index (χ0) is 42.4. The third kappa shape index (κ3) is 7.65. The van der Waals surface area contributed by atoms with Crippen LogP contribution in [0.15, 0.2) is 101 Å². The second kappa shape index (κ2) is 16.4. The van der Waals surface area contributed by atoms with Gasteiger partial charge in [0, 0.05) is 80.4 Å². The second-order valence-electron chi connectivity index (χ2n) is 16.6. The third-order valence-electron chi connectivity index (χ3n) is 12.1. The summed E-state index contributed by atoms with van der Waals surface area (Å²) in [5.41, 5.74) is 9.81. The highest BCUT2D eigenvalue weighted by Gasteiger charge is 2.38. The fourth-order valence-corrected chi connectivity index (χ4v) is 8.75. The number of amides is 2. The highest BCUT2D eigenvalue weighted by Crippen LogP contribution is 2.42. The van der Waals surface area contributed by atoms with Gasteiger partial charge in [-0.2, -0.15) is 0 Å². The fourth-order valence-electron chi connectivity index (χ4n) is 8.75. The molecule has 9 rings (SSSR count). The van der Waals surface area contributed by atoms with E-state index in [1.807, 2.05) is 98.6 Å². The maximum atomic E-state index is 14.0. The SMILES string of the molecule is COc1cc2c(cc1OCc1cc(COc3cc4c(cc3C)C(=O)N3c5ccccc5C[C@H]3C=N4)cc(N(C)CCCC(=O)C(C)C)c1)N=C[C@@H]1Cc3ccccc3N1C2=O. The monoisotopic (exact) mass is 815 g/mol. The molecule has 2 amide bonds. The number of hydrogen-bond donors (Lipinski definition) is 0. The lowest BCUT2D eigenvalue weighted by Gasteiger charge is -2.23. The summed E-state index contributed by atoms with van der Waals surface area (Å²) in [4.78, 5) is 55.7. The number of Topliss-reactive ketones (excluding diaryl/α,β-unsaturated/α-hetero) is 1. The number of carbonyl (C=O) groups excluding carboxylic acids is 3. The molecule has 4 aliphatic rings. The quantitative estimate of drug-likeness (QED) is 0.117. The highest BCUT2D eigenvalue weighted by atomic mass is 16.5. The maximum absolute atomic E-state index is 14.0. The lowest BCUT2D eigenvalue weighted by molar-refractivity contribution is -0.121. The topological polar surface area (TPSA) is 113 Å². The van der Waals surface area contributed by atoms with Gasteiger partial charge in [0.1, 0.15) is 24.7 Å². The Balaban J connectivity index is 0.963. The van der Waals surface area contributed by atoms with Crippen molar-refractivity contribution in [3.63, 3.8) is 0 Å². The van der Waals surface area contributed by atoms with Crippen LogP contribution in [-0.2, 0) is 30.8 Å². The van der Waals surface area contributed by atoms with Gasteiger partial charge in [0.2, 0.25) is 0 Å². The summed E-state index contributed by atoms with van der Waals surface area (Å²) in [5, 5.41) is 0. The Morgan fingerprint density at radius 1 is 0.738 bits per heavy atom. The van der Waals surface area contributed by atoms with Crippen molar-refractivity contribution in [2.75, 3.05) is 35.4 Å². The molecule has 0 aromatic heterocycles.